The molecule has 4 bridgehead atoms. The number of nitrogens with one attached hydrogen (secondary N) is 2. The molecule has 0 spiro atoms. The van der Waals surface area contributed by atoms with Crippen LogP contribution in [-0.2, 0) is 41.6 Å². The number of Topliss-reactive ketones (excluding diaryl/α,β-unsaturated/α-hetero) is 2. The van der Waals surface area contributed by atoms with E-state index in [9.17, 15) is 54.0 Å². The Kier molecular flexibility index (Phi) is 19.0. The lowest BCUT2D eigenvalue weighted by Crippen LogP contribution is -2.53. The predicted molar refractivity (Wildman–Crippen MR) is 240 cm³/mol. The molecule has 15 nitrogen and oxygen atoms in total. The highest BCUT2D eigenvalue weighted by Crippen LogP contribution is 2.39. The van der Waals surface area contributed by atoms with Gasteiger partial charge in [0.05, 0.1) is 12.6 Å². The van der Waals surface area contributed by atoms with Gasteiger partial charge in [-0.1, -0.05) is 83.1 Å². The summed E-state index contributed by atoms with van der Waals surface area (Å²) in [5, 5.41) is 46.7. The third-order valence-electron chi connectivity index (χ3n) is 12.0. The maximum atomic E-state index is 14.0. The largest absolute Gasteiger partial charge is 0.507 e. The summed E-state index contributed by atoms with van der Waals surface area (Å²) in [4.78, 5) is 95.3. The Morgan fingerprint density at radius 2 is 1.42 bits per heavy atom. The number of aliphatic hydroxyl groups excluding tert-OH is 1. The maximum absolute atomic E-state index is 14.0. The van der Waals surface area contributed by atoms with Gasteiger partial charge in [-0.05, 0) is 72.9 Å². The molecule has 0 aliphatic carbocycles. The maximum Gasteiger partial charge on any atom is 0.326 e. The standard InChI is InChI=1S/C49H64N4O11/c1-6-7-8-9-10-11-12-13-14-32-15-18-34(19-16-32)48(62)52(4)39(29-54)47(61)50-31(3)40(55)23-24-44(59)53(5)45-35-20-22-42(57)37(28-35)36-26-33(17-21-41(36)56)27-38(49(63)64)51-46(60)30(2)25-43(45)58/h15-22,26,28,30-31,38-39,45,54,56-57H,6-14,23-25,27,29H2,1-5H3,(H,50,61)(H,51,60)(H,63,64)/t30-,31-,38+,39-,45+/m1/s1. The van der Waals surface area contributed by atoms with Crippen LogP contribution in [0.25, 0.3) is 11.1 Å². The van der Waals surface area contributed by atoms with Crippen LogP contribution >= 0.6 is 0 Å². The van der Waals surface area contributed by atoms with Crippen molar-refractivity contribution in [3.8, 4) is 22.6 Å². The topological polar surface area (TPSA) is 231 Å². The van der Waals surface area contributed by atoms with Crippen LogP contribution in [0.5, 0.6) is 11.5 Å². The fraction of sp³-hybridized carbons (Fsp3) is 0.490. The first-order valence-corrected chi connectivity index (χ1v) is 22.2. The van der Waals surface area contributed by atoms with Crippen molar-refractivity contribution in [2.75, 3.05) is 20.7 Å². The number of aromatic hydroxyl groups is 2. The highest BCUT2D eigenvalue weighted by Gasteiger charge is 2.34. The van der Waals surface area contributed by atoms with Gasteiger partial charge in [-0.15, -0.1) is 0 Å². The molecule has 0 radical (unpaired) electrons. The van der Waals surface area contributed by atoms with Crippen LogP contribution < -0.4 is 10.6 Å². The van der Waals surface area contributed by atoms with E-state index in [4.69, 9.17) is 0 Å². The molecule has 5 atom stereocenters. The summed E-state index contributed by atoms with van der Waals surface area (Å²) in [7, 11) is 2.74. The number of rotatable bonds is 20. The van der Waals surface area contributed by atoms with E-state index < -0.39 is 84.3 Å². The number of benzene rings is 3. The number of likely N-dealkylation sites (N-methyl/N-ethyl adjacent to an activating group) is 2. The van der Waals surface area contributed by atoms with Gasteiger partial charge in [0.25, 0.3) is 5.91 Å². The Balaban J connectivity index is 1.40. The van der Waals surface area contributed by atoms with Gasteiger partial charge in [0, 0.05) is 62.4 Å². The molecule has 0 unspecified atom stereocenters. The van der Waals surface area contributed by atoms with Crippen molar-refractivity contribution in [1.82, 2.24) is 20.4 Å². The second-order valence-corrected chi connectivity index (χ2v) is 16.9. The van der Waals surface area contributed by atoms with E-state index in [-0.39, 0.29) is 47.5 Å². The summed E-state index contributed by atoms with van der Waals surface area (Å²) >= 11 is 0. The number of carboxylic acid groups (broad SMARTS) is 1. The SMILES string of the molecule is CCCCCCCCCCc1ccc(C(=O)N(C)[C@H](CO)C(=O)N[C@H](C)C(=O)CCC(=O)N(C)[C@@H]2C(=O)C[C@@H](C)C(=O)N[C@H](C(=O)O)Cc3ccc(O)c(c3)-c3cc2ccc3O)cc1. The average Bonchev–Trinajstić information content (AvgIpc) is 3.26. The van der Waals surface area contributed by atoms with Crippen LogP contribution in [0, 0.1) is 5.92 Å². The van der Waals surface area contributed by atoms with Gasteiger partial charge < -0.3 is 40.9 Å². The summed E-state index contributed by atoms with van der Waals surface area (Å²) in [6.45, 7) is 4.36. The van der Waals surface area contributed by atoms with Gasteiger partial charge in [-0.3, -0.25) is 28.8 Å². The second kappa shape index (κ2) is 24.1. The lowest BCUT2D eigenvalue weighted by molar-refractivity contribution is -0.143. The summed E-state index contributed by atoms with van der Waals surface area (Å²) in [5.41, 5.74) is 2.34. The number of carbonyl (C=O) groups is 7. The number of ketones is 2. The first-order valence-electron chi connectivity index (χ1n) is 22.2. The van der Waals surface area contributed by atoms with Crippen molar-refractivity contribution in [2.24, 2.45) is 5.92 Å². The van der Waals surface area contributed by atoms with Crippen LogP contribution in [0.2, 0.25) is 0 Å². The smallest absolute Gasteiger partial charge is 0.326 e. The van der Waals surface area contributed by atoms with Crippen molar-refractivity contribution in [1.29, 1.82) is 0 Å². The molecule has 1 aliphatic rings. The molecule has 3 aromatic carbocycles. The van der Waals surface area contributed by atoms with E-state index in [1.165, 1.54) is 103 Å². The van der Waals surface area contributed by atoms with Crippen molar-refractivity contribution in [2.45, 2.75) is 128 Å². The third kappa shape index (κ3) is 13.7. The van der Waals surface area contributed by atoms with Crippen molar-refractivity contribution in [3.63, 3.8) is 0 Å². The van der Waals surface area contributed by atoms with E-state index in [1.807, 2.05) is 12.1 Å². The number of aryl methyl sites for hydroxylation is 1. The van der Waals surface area contributed by atoms with Gasteiger partial charge in [-0.25, -0.2) is 4.79 Å². The van der Waals surface area contributed by atoms with Gasteiger partial charge >= 0.3 is 5.97 Å². The fourth-order valence-corrected chi connectivity index (χ4v) is 7.91. The molecule has 4 amide bonds. The van der Waals surface area contributed by atoms with Crippen molar-refractivity contribution in [3.05, 3.63) is 82.9 Å². The lowest BCUT2D eigenvalue weighted by atomic mass is 9.89. The highest BCUT2D eigenvalue weighted by molar-refractivity contribution is 5.99. The van der Waals surface area contributed by atoms with Crippen LogP contribution in [0.15, 0.2) is 60.7 Å². The predicted octanol–water partition coefficient (Wildman–Crippen LogP) is 5.66. The Morgan fingerprint density at radius 1 is 0.812 bits per heavy atom. The minimum absolute atomic E-state index is 0.104. The molecule has 0 aromatic heterocycles. The molecule has 0 saturated carbocycles. The summed E-state index contributed by atoms with van der Waals surface area (Å²) in [5.74, 6) is -6.57. The number of hydrogen-bond donors (Lipinski definition) is 6. The number of carbonyl (C=O) groups excluding carboxylic acids is 6. The number of fused-ring (bicyclic) bond motifs is 5. The molecule has 1 aliphatic heterocycles. The Labute approximate surface area is 375 Å². The molecule has 0 fully saturated rings. The molecule has 3 aromatic rings. The van der Waals surface area contributed by atoms with E-state index >= 15 is 0 Å². The average molecular weight is 885 g/mol. The van der Waals surface area contributed by atoms with Crippen LogP contribution in [0.1, 0.15) is 124 Å². The number of unbranched alkanes of at least 4 members (excludes halogenated alkanes) is 7. The van der Waals surface area contributed by atoms with Gasteiger partial charge in [0.15, 0.2) is 11.6 Å². The summed E-state index contributed by atoms with van der Waals surface area (Å²) < 4.78 is 0. The summed E-state index contributed by atoms with van der Waals surface area (Å²) in [6.07, 6.45) is 9.31. The van der Waals surface area contributed by atoms with Crippen LogP contribution in [-0.4, -0.2) is 110 Å². The van der Waals surface area contributed by atoms with Crippen molar-refractivity contribution >= 4 is 41.2 Å². The van der Waals surface area contributed by atoms with Crippen molar-refractivity contribution < 1.29 is 54.0 Å². The quantitative estimate of drug-likeness (QED) is 0.0759. The molecule has 6 N–H and O–H groups in total. The van der Waals surface area contributed by atoms with E-state index in [0.29, 0.717) is 11.1 Å². The Morgan fingerprint density at radius 3 is 2.05 bits per heavy atom. The van der Waals surface area contributed by atoms with Crippen LogP contribution in [0.3, 0.4) is 0 Å². The first kappa shape index (κ1) is 50.6. The minimum atomic E-state index is -1.37. The zero-order valence-corrected chi connectivity index (χ0v) is 37.6. The lowest BCUT2D eigenvalue weighted by Gasteiger charge is -2.30. The first-order chi connectivity index (χ1) is 30.5. The molecule has 346 valence electrons. The van der Waals surface area contributed by atoms with E-state index in [2.05, 4.69) is 17.6 Å². The molecule has 0 saturated heterocycles. The highest BCUT2D eigenvalue weighted by atomic mass is 16.4. The molecule has 15 heteroatoms. The zero-order chi connectivity index (χ0) is 47.1. The zero-order valence-electron chi connectivity index (χ0n) is 37.6. The van der Waals surface area contributed by atoms with E-state index in [1.54, 1.807) is 12.1 Å². The molecular weight excluding hydrogens is 821 g/mol. The third-order valence-corrected chi connectivity index (χ3v) is 12.0. The number of aliphatic carboxylic acids is 1. The van der Waals surface area contributed by atoms with Gasteiger partial charge in [0.1, 0.15) is 29.6 Å². The monoisotopic (exact) mass is 884 g/mol. The van der Waals surface area contributed by atoms with E-state index in [0.717, 1.165) is 34.6 Å². The van der Waals surface area contributed by atoms with Gasteiger partial charge in [0.2, 0.25) is 17.7 Å². The number of nitrogens with zero attached hydrogens (tertiary/aromatic N) is 2. The normalized spacial score (nSPS) is 17.3. The number of phenols is 2. The molecule has 64 heavy (non-hydrogen) atoms. The summed E-state index contributed by atoms with van der Waals surface area (Å²) in [6, 6.07) is 10.5. The Bertz CT molecular complexity index is 2140. The molecule has 4 rings (SSSR count). The minimum Gasteiger partial charge on any atom is -0.507 e. The Hall–Kier alpha value is -6.09. The fourth-order valence-electron chi connectivity index (χ4n) is 7.91. The number of aliphatic hydroxyl groups is 1. The second-order valence-electron chi connectivity index (χ2n) is 16.9. The number of phenolic OH excluding ortho intramolecular Hbond substituents is 2. The molecular formula is C49H64N4O11. The number of amides is 4. The number of hydrogen-bond acceptors (Lipinski definition) is 10. The van der Waals surface area contributed by atoms with Crippen LogP contribution in [0.4, 0.5) is 0 Å². The molecule has 1 heterocycles. The number of carboxylic acids is 1. The van der Waals surface area contributed by atoms with Gasteiger partial charge in [-0.2, -0.15) is 0 Å².